The Hall–Kier alpha value is -2.66. The van der Waals surface area contributed by atoms with E-state index in [0.29, 0.717) is 12.3 Å². The molecule has 2 aromatic rings. The van der Waals surface area contributed by atoms with E-state index in [-0.39, 0.29) is 12.0 Å². The summed E-state index contributed by atoms with van der Waals surface area (Å²) in [6.07, 6.45) is 8.90. The van der Waals surface area contributed by atoms with Gasteiger partial charge in [0.15, 0.2) is 0 Å². The molecular weight excluding hydrogens is 304 g/mol. The van der Waals surface area contributed by atoms with Crippen LogP contribution in [0.3, 0.4) is 0 Å². The van der Waals surface area contributed by atoms with Crippen molar-refractivity contribution in [1.82, 2.24) is 4.98 Å². The number of benzene rings is 1. The van der Waals surface area contributed by atoms with E-state index in [2.05, 4.69) is 10.3 Å². The minimum atomic E-state index is -0.199. The molecule has 2 heterocycles. The van der Waals surface area contributed by atoms with Crippen molar-refractivity contribution in [2.75, 3.05) is 18.5 Å². The number of nitrogens with zero attached hydrogens (tertiary/aromatic N) is 1. The molecule has 1 saturated heterocycles. The van der Waals surface area contributed by atoms with Crippen LogP contribution in [0, 0.1) is 0 Å². The molecule has 0 aliphatic carbocycles. The van der Waals surface area contributed by atoms with E-state index in [1.54, 1.807) is 18.5 Å². The first-order chi connectivity index (χ1) is 11.8. The predicted molar refractivity (Wildman–Crippen MR) is 92.8 cm³/mol. The molecule has 1 aliphatic rings. The van der Waals surface area contributed by atoms with Gasteiger partial charge in [-0.2, -0.15) is 0 Å². The van der Waals surface area contributed by atoms with Crippen LogP contribution in [0.25, 0.3) is 6.08 Å². The van der Waals surface area contributed by atoms with Crippen LogP contribution < -0.4 is 10.1 Å². The fourth-order valence-corrected chi connectivity index (χ4v) is 2.46. The molecule has 5 heteroatoms. The van der Waals surface area contributed by atoms with E-state index in [1.165, 1.54) is 6.08 Å². The van der Waals surface area contributed by atoms with Crippen LogP contribution >= 0.6 is 0 Å². The Kier molecular flexibility index (Phi) is 5.58. The number of pyridine rings is 1. The first-order valence-corrected chi connectivity index (χ1v) is 8.03. The highest BCUT2D eigenvalue weighted by Gasteiger charge is 2.15. The number of aromatic nitrogens is 1. The molecular formula is C19H20N2O3. The van der Waals surface area contributed by atoms with E-state index in [9.17, 15) is 4.79 Å². The van der Waals surface area contributed by atoms with E-state index >= 15 is 0 Å². The summed E-state index contributed by atoms with van der Waals surface area (Å²) in [5.74, 6) is 0.523. The van der Waals surface area contributed by atoms with Gasteiger partial charge in [0.1, 0.15) is 12.4 Å². The number of hydrogen-bond acceptors (Lipinski definition) is 4. The first kappa shape index (κ1) is 16.2. The average Bonchev–Trinajstić information content (AvgIpc) is 3.13. The van der Waals surface area contributed by atoms with Crippen molar-refractivity contribution in [2.24, 2.45) is 0 Å². The molecule has 0 bridgehead atoms. The van der Waals surface area contributed by atoms with Gasteiger partial charge in [0.25, 0.3) is 0 Å². The Balaban J connectivity index is 1.53. The Morgan fingerprint density at radius 2 is 2.33 bits per heavy atom. The van der Waals surface area contributed by atoms with Gasteiger partial charge in [-0.3, -0.25) is 9.78 Å². The van der Waals surface area contributed by atoms with Crippen LogP contribution in [0.5, 0.6) is 5.75 Å². The molecule has 0 spiro atoms. The third kappa shape index (κ3) is 4.93. The van der Waals surface area contributed by atoms with Crippen LogP contribution in [-0.2, 0) is 9.53 Å². The molecule has 1 N–H and O–H groups in total. The van der Waals surface area contributed by atoms with Gasteiger partial charge < -0.3 is 14.8 Å². The molecule has 1 amide bonds. The largest absolute Gasteiger partial charge is 0.491 e. The van der Waals surface area contributed by atoms with Crippen molar-refractivity contribution in [3.63, 3.8) is 0 Å². The van der Waals surface area contributed by atoms with Crippen LogP contribution in [0.2, 0.25) is 0 Å². The maximum atomic E-state index is 12.0. The lowest BCUT2D eigenvalue weighted by atomic mass is 10.2. The molecule has 3 rings (SSSR count). The number of anilines is 1. The second-order valence-corrected chi connectivity index (χ2v) is 5.58. The molecule has 0 radical (unpaired) electrons. The number of carbonyl (C=O) groups excluding carboxylic acids is 1. The van der Waals surface area contributed by atoms with Crippen LogP contribution in [0.15, 0.2) is 54.9 Å². The molecule has 1 aromatic carbocycles. The molecule has 1 unspecified atom stereocenters. The third-order valence-electron chi connectivity index (χ3n) is 3.67. The second kappa shape index (κ2) is 8.26. The number of nitrogens with one attached hydrogen (secondary N) is 1. The lowest BCUT2D eigenvalue weighted by Crippen LogP contribution is -2.16. The summed E-state index contributed by atoms with van der Waals surface area (Å²) < 4.78 is 11.3. The fourth-order valence-electron chi connectivity index (χ4n) is 2.46. The molecule has 124 valence electrons. The van der Waals surface area contributed by atoms with Gasteiger partial charge in [-0.25, -0.2) is 0 Å². The highest BCUT2D eigenvalue weighted by molar-refractivity contribution is 6.01. The molecule has 5 nitrogen and oxygen atoms in total. The number of ether oxygens (including phenoxy) is 2. The molecule has 1 aliphatic heterocycles. The topological polar surface area (TPSA) is 60.5 Å². The predicted octanol–water partition coefficient (Wildman–Crippen LogP) is 3.29. The maximum absolute atomic E-state index is 12.0. The van der Waals surface area contributed by atoms with E-state index in [1.807, 2.05) is 36.4 Å². The van der Waals surface area contributed by atoms with E-state index < -0.39 is 0 Å². The van der Waals surface area contributed by atoms with Crippen molar-refractivity contribution < 1.29 is 14.3 Å². The molecule has 1 aromatic heterocycles. The van der Waals surface area contributed by atoms with Gasteiger partial charge in [0.05, 0.1) is 6.10 Å². The summed E-state index contributed by atoms with van der Waals surface area (Å²) in [4.78, 5) is 16.0. The van der Waals surface area contributed by atoms with Crippen LogP contribution in [0.1, 0.15) is 18.4 Å². The van der Waals surface area contributed by atoms with Crippen molar-refractivity contribution in [2.45, 2.75) is 18.9 Å². The highest BCUT2D eigenvalue weighted by Crippen LogP contribution is 2.19. The summed E-state index contributed by atoms with van der Waals surface area (Å²) in [7, 11) is 0. The third-order valence-corrected chi connectivity index (χ3v) is 3.67. The number of carbonyl (C=O) groups is 1. The number of hydrogen-bond donors (Lipinski definition) is 1. The van der Waals surface area contributed by atoms with Crippen LogP contribution in [-0.4, -0.2) is 30.2 Å². The van der Waals surface area contributed by atoms with Gasteiger partial charge in [0.2, 0.25) is 5.91 Å². The zero-order chi connectivity index (χ0) is 16.6. The fraction of sp³-hybridized carbons (Fsp3) is 0.263. The first-order valence-electron chi connectivity index (χ1n) is 8.03. The molecule has 24 heavy (non-hydrogen) atoms. The zero-order valence-electron chi connectivity index (χ0n) is 13.4. The summed E-state index contributed by atoms with van der Waals surface area (Å²) in [6.45, 7) is 1.35. The van der Waals surface area contributed by atoms with Crippen molar-refractivity contribution in [1.29, 1.82) is 0 Å². The standard InChI is InChI=1S/C19H20N2O3/c22-19(9-8-15-4-2-10-20-13-15)21-16-5-1-6-17(12-16)24-14-18-7-3-11-23-18/h1-2,4-6,8-10,12-13,18H,3,7,11,14H2,(H,21,22)/b9-8+. The minimum absolute atomic E-state index is 0.172. The summed E-state index contributed by atoms with van der Waals surface area (Å²) in [6, 6.07) is 11.1. The lowest BCUT2D eigenvalue weighted by molar-refractivity contribution is -0.111. The van der Waals surface area contributed by atoms with E-state index in [0.717, 1.165) is 30.8 Å². The number of amides is 1. The number of rotatable bonds is 6. The minimum Gasteiger partial charge on any atom is -0.491 e. The second-order valence-electron chi connectivity index (χ2n) is 5.58. The Labute approximate surface area is 141 Å². The lowest BCUT2D eigenvalue weighted by Gasteiger charge is -2.12. The average molecular weight is 324 g/mol. The Bertz CT molecular complexity index is 695. The summed E-state index contributed by atoms with van der Waals surface area (Å²) >= 11 is 0. The van der Waals surface area contributed by atoms with Gasteiger partial charge in [-0.05, 0) is 42.7 Å². The van der Waals surface area contributed by atoms with Crippen molar-refractivity contribution >= 4 is 17.7 Å². The monoisotopic (exact) mass is 324 g/mol. The Morgan fingerprint density at radius 3 is 3.12 bits per heavy atom. The van der Waals surface area contributed by atoms with Crippen LogP contribution in [0.4, 0.5) is 5.69 Å². The van der Waals surface area contributed by atoms with Crippen molar-refractivity contribution in [3.05, 3.63) is 60.4 Å². The molecule has 0 saturated carbocycles. The van der Waals surface area contributed by atoms with Gasteiger partial charge in [0, 0.05) is 36.8 Å². The summed E-state index contributed by atoms with van der Waals surface area (Å²) in [5, 5.41) is 2.82. The van der Waals surface area contributed by atoms with E-state index in [4.69, 9.17) is 9.47 Å². The summed E-state index contributed by atoms with van der Waals surface area (Å²) in [5.41, 5.74) is 1.57. The normalized spacial score (nSPS) is 17.1. The smallest absolute Gasteiger partial charge is 0.248 e. The van der Waals surface area contributed by atoms with Gasteiger partial charge in [-0.15, -0.1) is 0 Å². The van der Waals surface area contributed by atoms with Gasteiger partial charge >= 0.3 is 0 Å². The zero-order valence-corrected chi connectivity index (χ0v) is 13.4. The van der Waals surface area contributed by atoms with Crippen molar-refractivity contribution in [3.8, 4) is 5.75 Å². The Morgan fingerprint density at radius 1 is 1.38 bits per heavy atom. The quantitative estimate of drug-likeness (QED) is 0.828. The molecule has 1 atom stereocenters. The van der Waals surface area contributed by atoms with Gasteiger partial charge in [-0.1, -0.05) is 12.1 Å². The highest BCUT2D eigenvalue weighted by atomic mass is 16.5. The SMILES string of the molecule is O=C(/C=C/c1cccnc1)Nc1cccc(OCC2CCCO2)c1. The maximum Gasteiger partial charge on any atom is 0.248 e. The molecule has 1 fully saturated rings.